The third-order valence-corrected chi connectivity index (χ3v) is 22.7. The lowest BCUT2D eigenvalue weighted by Gasteiger charge is -2.45. The van der Waals surface area contributed by atoms with Crippen LogP contribution in [-0.2, 0) is 18.6 Å². The SMILES string of the molecule is [B][C@@H]1O[C@H](CO)[C@H](OC(=O)OCC(C)c2ccc(C(=O)CCCC[P+](CCCC)(CCCC)CCCC)cc2[N+](=O)[O-])C1O[Si](C(C)C)(C(C)C)C(C)C. The van der Waals surface area contributed by atoms with Crippen LogP contribution in [0.2, 0.25) is 16.6 Å². The number of carbonyl (C=O) groups is 2. The van der Waals surface area contributed by atoms with Crippen LogP contribution in [-0.4, -0.2) is 100 Å². The first-order valence-electron chi connectivity index (χ1n) is 20.7. The molecular formula is C41H72BNO9PSi+. The maximum Gasteiger partial charge on any atom is 0.508 e. The van der Waals surface area contributed by atoms with Gasteiger partial charge in [0.25, 0.3) is 5.69 Å². The second-order valence-electron chi connectivity index (χ2n) is 16.5. The molecule has 1 aliphatic rings. The molecule has 2 rings (SSSR count). The molecule has 2 radical (unpaired) electrons. The van der Waals surface area contributed by atoms with Crippen molar-refractivity contribution in [2.75, 3.05) is 37.9 Å². The number of Topliss-reactive ketones (excluding diaryl/α,β-unsaturated/α-hetero) is 1. The highest BCUT2D eigenvalue weighted by molar-refractivity contribution is 7.75. The number of aliphatic hydroxyl groups excluding tert-OH is 1. The molecule has 1 fully saturated rings. The van der Waals surface area contributed by atoms with Crippen LogP contribution in [0.15, 0.2) is 18.2 Å². The van der Waals surface area contributed by atoms with Crippen LogP contribution in [0.5, 0.6) is 0 Å². The van der Waals surface area contributed by atoms with E-state index in [0.29, 0.717) is 17.5 Å². The Balaban J connectivity index is 2.10. The van der Waals surface area contributed by atoms with Crippen LogP contribution in [0.25, 0.3) is 0 Å². The molecule has 1 saturated heterocycles. The third-order valence-electron chi connectivity index (χ3n) is 11.6. The van der Waals surface area contributed by atoms with Crippen LogP contribution in [0.3, 0.4) is 0 Å². The molecule has 1 aromatic carbocycles. The Kier molecular flexibility index (Phi) is 20.9. The zero-order valence-electron chi connectivity index (χ0n) is 35.1. The summed E-state index contributed by atoms with van der Waals surface area (Å²) in [4.78, 5) is 38.1. The fourth-order valence-corrected chi connectivity index (χ4v) is 19.3. The molecule has 0 spiro atoms. The van der Waals surface area contributed by atoms with Gasteiger partial charge in [0, 0.05) is 42.8 Å². The molecule has 13 heteroatoms. The zero-order valence-corrected chi connectivity index (χ0v) is 37.0. The average molecular weight is 793 g/mol. The van der Waals surface area contributed by atoms with Gasteiger partial charge in [0.2, 0.25) is 8.32 Å². The van der Waals surface area contributed by atoms with Crippen LogP contribution >= 0.6 is 7.26 Å². The molecular weight excluding hydrogens is 720 g/mol. The number of ether oxygens (including phenoxy) is 3. The number of unbranched alkanes of at least 4 members (excludes halogenated alkanes) is 4. The van der Waals surface area contributed by atoms with E-state index >= 15 is 0 Å². The average Bonchev–Trinajstić information content (AvgIpc) is 3.43. The van der Waals surface area contributed by atoms with Gasteiger partial charge in [0.05, 0.1) is 36.2 Å². The summed E-state index contributed by atoms with van der Waals surface area (Å²) >= 11 is 0. The quantitative estimate of drug-likeness (QED) is 0.0185. The van der Waals surface area contributed by atoms with E-state index in [4.69, 9.17) is 26.5 Å². The first kappa shape index (κ1) is 48.3. The highest BCUT2D eigenvalue weighted by Gasteiger charge is 2.53. The van der Waals surface area contributed by atoms with Gasteiger partial charge >= 0.3 is 6.16 Å². The Bertz CT molecular complexity index is 1270. The monoisotopic (exact) mass is 792 g/mol. The number of rotatable bonds is 26. The van der Waals surface area contributed by atoms with Crippen molar-refractivity contribution in [2.24, 2.45) is 0 Å². The molecule has 54 heavy (non-hydrogen) atoms. The lowest BCUT2D eigenvalue weighted by Crippen LogP contribution is -2.54. The van der Waals surface area contributed by atoms with E-state index in [-0.39, 0.29) is 34.7 Å². The molecule has 0 aromatic heterocycles. The van der Waals surface area contributed by atoms with E-state index in [2.05, 4.69) is 62.3 Å². The van der Waals surface area contributed by atoms with E-state index < -0.39 is 63.5 Å². The maximum atomic E-state index is 13.3. The fraction of sp³-hybridized carbons (Fsp3) is 0.805. The van der Waals surface area contributed by atoms with Crippen molar-refractivity contribution in [1.29, 1.82) is 0 Å². The fourth-order valence-electron chi connectivity index (χ4n) is 8.57. The Labute approximate surface area is 329 Å². The predicted octanol–water partition coefficient (Wildman–Crippen LogP) is 10.4. The van der Waals surface area contributed by atoms with Gasteiger partial charge in [-0.05, 0) is 48.7 Å². The van der Waals surface area contributed by atoms with E-state index in [1.54, 1.807) is 19.1 Å². The summed E-state index contributed by atoms with van der Waals surface area (Å²) in [5.41, 5.74) is 1.19. The van der Waals surface area contributed by atoms with Gasteiger partial charge in [0.15, 0.2) is 11.9 Å². The molecule has 1 aromatic rings. The molecule has 0 amide bonds. The van der Waals surface area contributed by atoms with Crippen molar-refractivity contribution in [3.05, 3.63) is 39.4 Å². The molecule has 10 nitrogen and oxygen atoms in total. The first-order valence-corrected chi connectivity index (χ1v) is 25.4. The summed E-state index contributed by atoms with van der Waals surface area (Å²) in [7, 11) is 2.82. The summed E-state index contributed by atoms with van der Waals surface area (Å²) in [5, 5.41) is 22.3. The van der Waals surface area contributed by atoms with E-state index in [0.717, 1.165) is 12.8 Å². The van der Waals surface area contributed by atoms with Gasteiger partial charge in [-0.2, -0.15) is 0 Å². The molecule has 1 N–H and O–H groups in total. The predicted molar refractivity (Wildman–Crippen MR) is 224 cm³/mol. The number of nitro benzene ring substituents is 1. The maximum absolute atomic E-state index is 13.3. The Morgan fingerprint density at radius 3 is 1.91 bits per heavy atom. The van der Waals surface area contributed by atoms with Gasteiger partial charge in [-0.3, -0.25) is 14.9 Å². The summed E-state index contributed by atoms with van der Waals surface area (Å²) in [6.07, 6.45) is 11.2. The van der Waals surface area contributed by atoms with Gasteiger partial charge in [0.1, 0.15) is 26.7 Å². The lowest BCUT2D eigenvalue weighted by molar-refractivity contribution is -0.385. The molecule has 5 atom stereocenters. The summed E-state index contributed by atoms with van der Waals surface area (Å²) in [6.45, 7) is 20.7. The van der Waals surface area contributed by atoms with Crippen molar-refractivity contribution < 1.29 is 38.3 Å². The Hall–Kier alpha value is -1.85. The molecule has 1 aliphatic heterocycles. The second-order valence-corrected chi connectivity index (χ2v) is 26.4. The minimum atomic E-state index is -2.47. The van der Waals surface area contributed by atoms with E-state index in [1.165, 1.54) is 69.2 Å². The Morgan fingerprint density at radius 2 is 1.43 bits per heavy atom. The second kappa shape index (κ2) is 23.4. The van der Waals surface area contributed by atoms with Crippen molar-refractivity contribution in [3.63, 3.8) is 0 Å². The molecule has 1 heterocycles. The number of hydrogen-bond acceptors (Lipinski definition) is 9. The summed E-state index contributed by atoms with van der Waals surface area (Å²) < 4.78 is 23.8. The minimum absolute atomic E-state index is 0.0941. The Morgan fingerprint density at radius 1 is 0.889 bits per heavy atom. The topological polar surface area (TPSA) is 134 Å². The van der Waals surface area contributed by atoms with Crippen molar-refractivity contribution in [3.8, 4) is 0 Å². The molecule has 306 valence electrons. The first-order chi connectivity index (χ1) is 25.5. The smallest absolute Gasteiger partial charge is 0.434 e. The molecule has 0 bridgehead atoms. The molecule has 0 aliphatic carbocycles. The van der Waals surface area contributed by atoms with Crippen LogP contribution in [0.1, 0.15) is 149 Å². The van der Waals surface area contributed by atoms with E-state index in [1.807, 2.05) is 0 Å². The van der Waals surface area contributed by atoms with Gasteiger partial charge < -0.3 is 23.7 Å². The van der Waals surface area contributed by atoms with Crippen LogP contribution in [0.4, 0.5) is 10.5 Å². The van der Waals surface area contributed by atoms with Crippen molar-refractivity contribution in [1.82, 2.24) is 0 Å². The van der Waals surface area contributed by atoms with Gasteiger partial charge in [-0.25, -0.2) is 4.79 Å². The highest BCUT2D eigenvalue weighted by atomic mass is 31.2. The zero-order chi connectivity index (χ0) is 40.6. The van der Waals surface area contributed by atoms with Crippen molar-refractivity contribution in [2.45, 2.75) is 174 Å². The number of nitro groups is 1. The lowest BCUT2D eigenvalue weighted by atomic mass is 9.93. The molecule has 0 saturated carbocycles. The normalized spacial score (nSPS) is 19.8. The number of nitrogens with zero attached hydrogens (tertiary/aromatic N) is 1. The number of carbonyl (C=O) groups excluding carboxylic acids is 2. The van der Waals surface area contributed by atoms with Gasteiger partial charge in [-0.15, -0.1) is 0 Å². The number of ketones is 1. The molecule has 2 unspecified atom stereocenters. The van der Waals surface area contributed by atoms with Gasteiger partial charge in [-0.1, -0.05) is 101 Å². The largest absolute Gasteiger partial charge is 0.508 e. The van der Waals surface area contributed by atoms with Crippen molar-refractivity contribution >= 4 is 41.1 Å². The van der Waals surface area contributed by atoms with E-state index in [9.17, 15) is 24.8 Å². The highest BCUT2D eigenvalue weighted by Crippen LogP contribution is 2.61. The summed E-state index contributed by atoms with van der Waals surface area (Å²) in [5.74, 6) is -0.664. The third kappa shape index (κ3) is 13.1. The number of benzene rings is 1. The minimum Gasteiger partial charge on any atom is -0.434 e. The number of hydrogen-bond donors (Lipinski definition) is 1. The van der Waals surface area contributed by atoms with Crippen LogP contribution in [0, 0.1) is 10.1 Å². The number of aliphatic hydroxyl groups is 1. The summed E-state index contributed by atoms with van der Waals surface area (Å²) in [6, 6.07) is 3.67. The van der Waals surface area contributed by atoms with Crippen LogP contribution < -0.4 is 0 Å². The standard InChI is InChI=1S/C41H72BNO9PSi/c1-11-14-22-53(23-15-12-2,24-16-13-3)25-18-17-19-36(45)33-20-21-34(35(26-33)43(47)48)32(10)28-49-41(46)51-38-37(27-44)50-40(42)39(38)52-54(29(4)5,30(6)7)31(8)9/h20-21,26,29-32,37-40,44H,11-19,22-25,27-28H2,1-10H3/q+1/t32?,37-,38+,39?,40-/m1/s1.